The molecule has 0 bridgehead atoms. The second kappa shape index (κ2) is 6.21. The summed E-state index contributed by atoms with van der Waals surface area (Å²) in [7, 11) is -2.01. The summed E-state index contributed by atoms with van der Waals surface area (Å²) in [5.41, 5.74) is 1.05. The number of ether oxygens (including phenoxy) is 3. The van der Waals surface area contributed by atoms with Crippen molar-refractivity contribution in [2.45, 2.75) is 10.6 Å². The first-order chi connectivity index (χ1) is 12.4. The van der Waals surface area contributed by atoms with Crippen LogP contribution >= 0.6 is 0 Å². The maximum absolute atomic E-state index is 12.8. The Balaban J connectivity index is 1.64. The van der Waals surface area contributed by atoms with Gasteiger partial charge in [-0.25, -0.2) is 8.42 Å². The molecule has 8 heteroatoms. The summed E-state index contributed by atoms with van der Waals surface area (Å²) >= 11 is 0. The lowest BCUT2D eigenvalue weighted by Crippen LogP contribution is -2.35. The molecule has 1 amide bonds. The number of hydrogen-bond donors (Lipinski definition) is 0. The van der Waals surface area contributed by atoms with Crippen LogP contribution < -0.4 is 19.1 Å². The standard InChI is InChI=1S/C18H17NO6S/c1-19-14-9-13(3-5-15(14)25-10-18(19)20)26(21,22)11-12-2-4-16-17(8-12)24-7-6-23-16/h2-5,8-9H,6-7,10-11H2,1H3. The Hall–Kier alpha value is -2.74. The van der Waals surface area contributed by atoms with Crippen LogP contribution in [0.5, 0.6) is 17.2 Å². The third kappa shape index (κ3) is 2.96. The fraction of sp³-hybridized carbons (Fsp3) is 0.278. The first-order valence-corrected chi connectivity index (χ1v) is 9.74. The van der Waals surface area contributed by atoms with E-state index in [0.29, 0.717) is 41.7 Å². The summed E-state index contributed by atoms with van der Waals surface area (Å²) in [4.78, 5) is 13.3. The smallest absolute Gasteiger partial charge is 0.264 e. The van der Waals surface area contributed by atoms with E-state index >= 15 is 0 Å². The third-order valence-electron chi connectivity index (χ3n) is 4.34. The molecule has 0 radical (unpaired) electrons. The second-order valence-corrected chi connectivity index (χ2v) is 8.10. The molecular weight excluding hydrogens is 358 g/mol. The largest absolute Gasteiger partial charge is 0.486 e. The van der Waals surface area contributed by atoms with Crippen molar-refractivity contribution in [2.24, 2.45) is 0 Å². The number of rotatable bonds is 3. The van der Waals surface area contributed by atoms with Gasteiger partial charge in [-0.1, -0.05) is 6.07 Å². The quantitative estimate of drug-likeness (QED) is 0.813. The molecule has 7 nitrogen and oxygen atoms in total. The molecule has 26 heavy (non-hydrogen) atoms. The van der Waals surface area contributed by atoms with E-state index < -0.39 is 9.84 Å². The Morgan fingerprint density at radius 2 is 1.69 bits per heavy atom. The molecule has 0 N–H and O–H groups in total. The van der Waals surface area contributed by atoms with Gasteiger partial charge in [0, 0.05) is 7.05 Å². The molecule has 0 aromatic heterocycles. The minimum atomic E-state index is -3.60. The zero-order valence-electron chi connectivity index (χ0n) is 14.1. The Labute approximate surface area is 151 Å². The third-order valence-corrected chi connectivity index (χ3v) is 6.02. The fourth-order valence-electron chi connectivity index (χ4n) is 2.93. The van der Waals surface area contributed by atoms with Crippen LogP contribution in [0.1, 0.15) is 5.56 Å². The lowest BCUT2D eigenvalue weighted by Gasteiger charge is -2.26. The summed E-state index contributed by atoms with van der Waals surface area (Å²) in [6.45, 7) is 0.870. The number of amides is 1. The van der Waals surface area contributed by atoms with E-state index in [0.717, 1.165) is 0 Å². The molecule has 4 rings (SSSR count). The molecule has 2 aromatic rings. The number of carbonyl (C=O) groups is 1. The van der Waals surface area contributed by atoms with E-state index in [4.69, 9.17) is 14.2 Å². The number of nitrogens with zero attached hydrogens (tertiary/aromatic N) is 1. The maximum Gasteiger partial charge on any atom is 0.264 e. The van der Waals surface area contributed by atoms with Crippen LogP contribution in [0.15, 0.2) is 41.3 Å². The van der Waals surface area contributed by atoms with Crippen molar-refractivity contribution in [2.75, 3.05) is 31.8 Å². The predicted molar refractivity (Wildman–Crippen MR) is 93.7 cm³/mol. The molecule has 136 valence electrons. The number of hydrogen-bond acceptors (Lipinski definition) is 6. The van der Waals surface area contributed by atoms with Crippen molar-refractivity contribution in [1.29, 1.82) is 0 Å². The van der Waals surface area contributed by atoms with Gasteiger partial charge in [0.1, 0.15) is 19.0 Å². The van der Waals surface area contributed by atoms with Gasteiger partial charge in [-0.2, -0.15) is 0 Å². The van der Waals surface area contributed by atoms with Crippen molar-refractivity contribution < 1.29 is 27.4 Å². The SMILES string of the molecule is CN1C(=O)COc2ccc(S(=O)(=O)Cc3ccc4c(c3)OCCO4)cc21. The summed E-state index contributed by atoms with van der Waals surface area (Å²) in [5.74, 6) is 1.25. The highest BCUT2D eigenvalue weighted by atomic mass is 32.2. The molecular formula is C18H17NO6S. The molecule has 2 aromatic carbocycles. The Kier molecular flexibility index (Phi) is 3.99. The van der Waals surface area contributed by atoms with Crippen LogP contribution in [-0.2, 0) is 20.4 Å². The van der Waals surface area contributed by atoms with Gasteiger partial charge >= 0.3 is 0 Å². The number of benzene rings is 2. The average molecular weight is 375 g/mol. The minimum absolute atomic E-state index is 0.0488. The van der Waals surface area contributed by atoms with Gasteiger partial charge in [-0.15, -0.1) is 0 Å². The Morgan fingerprint density at radius 3 is 2.50 bits per heavy atom. The van der Waals surface area contributed by atoms with Crippen molar-refractivity contribution in [3.8, 4) is 17.2 Å². The number of likely N-dealkylation sites (N-methyl/N-ethyl adjacent to an activating group) is 1. The normalized spacial score (nSPS) is 16.0. The minimum Gasteiger partial charge on any atom is -0.486 e. The molecule has 0 aliphatic carbocycles. The van der Waals surface area contributed by atoms with Crippen LogP contribution in [-0.4, -0.2) is 41.2 Å². The Bertz CT molecular complexity index is 985. The molecule has 0 saturated heterocycles. The summed E-state index contributed by atoms with van der Waals surface area (Å²) in [6.07, 6.45) is 0. The highest BCUT2D eigenvalue weighted by Crippen LogP contribution is 2.35. The van der Waals surface area contributed by atoms with E-state index in [1.165, 1.54) is 17.0 Å². The van der Waals surface area contributed by atoms with Crippen molar-refractivity contribution in [3.63, 3.8) is 0 Å². The first kappa shape index (κ1) is 16.7. The molecule has 0 unspecified atom stereocenters. The highest BCUT2D eigenvalue weighted by molar-refractivity contribution is 7.90. The molecule has 2 aliphatic rings. The van der Waals surface area contributed by atoms with E-state index in [-0.39, 0.29) is 23.2 Å². The van der Waals surface area contributed by atoms with E-state index in [1.54, 1.807) is 31.3 Å². The lowest BCUT2D eigenvalue weighted by molar-refractivity contribution is -0.120. The van der Waals surface area contributed by atoms with Gasteiger partial charge in [0.25, 0.3) is 5.91 Å². The number of anilines is 1. The molecule has 2 heterocycles. The zero-order chi connectivity index (χ0) is 18.3. The molecule has 2 aliphatic heterocycles. The van der Waals surface area contributed by atoms with E-state index in [9.17, 15) is 13.2 Å². The van der Waals surface area contributed by atoms with E-state index in [2.05, 4.69) is 0 Å². The summed E-state index contributed by atoms with van der Waals surface area (Å²) in [6, 6.07) is 9.66. The molecule has 0 saturated carbocycles. The average Bonchev–Trinajstić information content (AvgIpc) is 2.64. The van der Waals surface area contributed by atoms with Crippen LogP contribution in [0, 0.1) is 0 Å². The molecule has 0 spiro atoms. The first-order valence-electron chi connectivity index (χ1n) is 8.09. The number of fused-ring (bicyclic) bond motifs is 2. The summed E-state index contributed by atoms with van der Waals surface area (Å²) < 4.78 is 41.9. The zero-order valence-corrected chi connectivity index (χ0v) is 14.9. The summed E-state index contributed by atoms with van der Waals surface area (Å²) in [5, 5.41) is 0. The number of sulfone groups is 1. The van der Waals surface area contributed by atoms with Crippen LogP contribution in [0.2, 0.25) is 0 Å². The second-order valence-electron chi connectivity index (χ2n) is 6.11. The van der Waals surface area contributed by atoms with Crippen molar-refractivity contribution in [1.82, 2.24) is 0 Å². The van der Waals surface area contributed by atoms with Gasteiger partial charge in [-0.3, -0.25) is 4.79 Å². The van der Waals surface area contributed by atoms with Gasteiger partial charge in [-0.05, 0) is 35.9 Å². The molecule has 0 atom stereocenters. The maximum atomic E-state index is 12.8. The van der Waals surface area contributed by atoms with E-state index in [1.807, 2.05) is 0 Å². The fourth-order valence-corrected chi connectivity index (χ4v) is 4.28. The topological polar surface area (TPSA) is 82.1 Å². The van der Waals surface area contributed by atoms with Crippen molar-refractivity contribution >= 4 is 21.4 Å². The van der Waals surface area contributed by atoms with Gasteiger partial charge in [0.2, 0.25) is 0 Å². The number of carbonyl (C=O) groups excluding carboxylic acids is 1. The lowest BCUT2D eigenvalue weighted by atomic mass is 10.2. The van der Waals surface area contributed by atoms with Crippen LogP contribution in [0.25, 0.3) is 0 Å². The van der Waals surface area contributed by atoms with Crippen LogP contribution in [0.3, 0.4) is 0 Å². The van der Waals surface area contributed by atoms with Gasteiger partial charge in [0.15, 0.2) is 27.9 Å². The highest BCUT2D eigenvalue weighted by Gasteiger charge is 2.25. The Morgan fingerprint density at radius 1 is 0.962 bits per heavy atom. The molecule has 0 fully saturated rings. The predicted octanol–water partition coefficient (Wildman–Crippen LogP) is 1.79. The van der Waals surface area contributed by atoms with Gasteiger partial charge in [0.05, 0.1) is 16.3 Å². The van der Waals surface area contributed by atoms with Crippen LogP contribution in [0.4, 0.5) is 5.69 Å². The monoisotopic (exact) mass is 375 g/mol. The van der Waals surface area contributed by atoms with Crippen molar-refractivity contribution in [3.05, 3.63) is 42.0 Å². The van der Waals surface area contributed by atoms with Gasteiger partial charge < -0.3 is 19.1 Å².